The van der Waals surface area contributed by atoms with Crippen LogP contribution in [-0.4, -0.2) is 29.1 Å². The highest BCUT2D eigenvalue weighted by molar-refractivity contribution is 7.80. The van der Waals surface area contributed by atoms with Gasteiger partial charge in [-0.15, -0.1) is 12.6 Å². The molecule has 0 atom stereocenters. The van der Waals surface area contributed by atoms with Crippen LogP contribution >= 0.6 is 12.6 Å². The molecule has 7 rings (SSSR count). The fraction of sp³-hybridized carbons (Fsp3) is 0.0426. The molecule has 5 nitrogen and oxygen atoms in total. The van der Waals surface area contributed by atoms with E-state index in [1.54, 1.807) is 43.3 Å². The van der Waals surface area contributed by atoms with Gasteiger partial charge in [-0.1, -0.05) is 176 Å². The molecule has 0 aliphatic heterocycles. The summed E-state index contributed by atoms with van der Waals surface area (Å²) in [6.45, 7) is 1.64. The van der Waals surface area contributed by atoms with E-state index in [2.05, 4.69) is 12.6 Å². The number of phenols is 1. The minimum Gasteiger partial charge on any atom is -0.508 e. The number of phenolic OH excluding ortho intramolecular Hbond substituents is 1. The summed E-state index contributed by atoms with van der Waals surface area (Å²) in [5.41, 5.74) is 2.92. The second-order valence-electron chi connectivity index (χ2n) is 11.0. The largest absolute Gasteiger partial charge is 0.508 e. The van der Waals surface area contributed by atoms with Gasteiger partial charge in [-0.2, -0.15) is 0 Å². The molecule has 0 aliphatic rings. The van der Waals surface area contributed by atoms with E-state index in [1.165, 1.54) is 0 Å². The van der Waals surface area contributed by atoms with Gasteiger partial charge in [0.05, 0.1) is 0 Å². The monoisotopic (exact) mass is 718 g/mol. The first-order valence-electron chi connectivity index (χ1n) is 16.8. The first-order valence-corrected chi connectivity index (χ1v) is 17.2. The van der Waals surface area contributed by atoms with Crippen molar-refractivity contribution in [2.24, 2.45) is 0 Å². The highest BCUT2D eigenvalue weighted by Gasteiger charge is 2.06. The number of ketones is 3. The third-order valence-electron chi connectivity index (χ3n) is 6.97. The summed E-state index contributed by atoms with van der Waals surface area (Å²) in [6.07, 6.45) is 0. The molecule has 0 saturated heterocycles. The van der Waals surface area contributed by atoms with Crippen LogP contribution in [0.25, 0.3) is 0 Å². The summed E-state index contributed by atoms with van der Waals surface area (Å²) in [4.78, 5) is 35.2. The topological polar surface area (TPSA) is 80.7 Å². The smallest absolute Gasteiger partial charge is 0.200 e. The SMILES string of the molecule is CC(=O)c1ccccc1.O=C(COc1ccccc1)c1ccccc1.O=C(c1ccccc1)c1ccccc1.Oc1ccccc1.Sc1ccccc1. The predicted octanol–water partition coefficient (Wildman–Crippen LogP) is 11.1. The van der Waals surface area contributed by atoms with E-state index in [9.17, 15) is 14.4 Å². The molecule has 0 unspecified atom stereocenters. The third kappa shape index (κ3) is 17.3. The van der Waals surface area contributed by atoms with E-state index in [-0.39, 0.29) is 24.0 Å². The average molecular weight is 719 g/mol. The van der Waals surface area contributed by atoms with E-state index < -0.39 is 0 Å². The van der Waals surface area contributed by atoms with E-state index in [0.29, 0.717) is 17.1 Å². The zero-order valence-electron chi connectivity index (χ0n) is 29.4. The van der Waals surface area contributed by atoms with E-state index >= 15 is 0 Å². The standard InChI is InChI=1S/C14H12O2.C13H10O.C8H8O.C6H6O.C6H6S/c15-14(12-7-3-1-4-8-12)11-16-13-9-5-2-6-10-13;14-13(11-7-3-1-4-8-11)12-9-5-2-6-10-12;1-7(9)8-5-3-2-4-6-8;2*7-6-4-2-1-3-5-6/h1-10H,11H2;1-10H;2-6H,1H3;2*1-5,7H. The summed E-state index contributed by atoms with van der Waals surface area (Å²) in [6, 6.07) is 64.8. The van der Waals surface area contributed by atoms with Gasteiger partial charge in [0.2, 0.25) is 0 Å². The Hall–Kier alpha value is -6.50. The normalized spacial score (nSPS) is 9.32. The fourth-order valence-electron chi connectivity index (χ4n) is 4.25. The molecule has 0 aromatic heterocycles. The Labute approximate surface area is 317 Å². The molecule has 7 aromatic rings. The molecule has 0 bridgehead atoms. The Morgan fingerprint density at radius 2 is 0.774 bits per heavy atom. The van der Waals surface area contributed by atoms with Crippen molar-refractivity contribution < 1.29 is 24.2 Å². The Morgan fingerprint density at radius 3 is 1.08 bits per heavy atom. The van der Waals surface area contributed by atoms with Crippen molar-refractivity contribution in [3.8, 4) is 11.5 Å². The van der Waals surface area contributed by atoms with Crippen molar-refractivity contribution in [1.29, 1.82) is 0 Å². The summed E-state index contributed by atoms with van der Waals surface area (Å²) in [5.74, 6) is 1.22. The van der Waals surface area contributed by atoms with Crippen LogP contribution in [0.5, 0.6) is 11.5 Å². The molecule has 6 heteroatoms. The molecule has 0 heterocycles. The number of ether oxygens (including phenoxy) is 1. The zero-order valence-corrected chi connectivity index (χ0v) is 30.3. The summed E-state index contributed by atoms with van der Waals surface area (Å²) < 4.78 is 5.37. The number of Topliss-reactive ketones (excluding diaryl/α,β-unsaturated/α-hetero) is 2. The minimum atomic E-state index is -0.00977. The van der Waals surface area contributed by atoms with E-state index in [0.717, 1.165) is 21.6 Å². The van der Waals surface area contributed by atoms with Gasteiger partial charge < -0.3 is 9.84 Å². The number of aromatic hydroxyl groups is 1. The van der Waals surface area contributed by atoms with Gasteiger partial charge in [-0.25, -0.2) is 0 Å². The lowest BCUT2D eigenvalue weighted by molar-refractivity contribution is 0.0920. The van der Waals surface area contributed by atoms with Gasteiger partial charge in [0.1, 0.15) is 11.5 Å². The van der Waals surface area contributed by atoms with Gasteiger partial charge in [0.25, 0.3) is 0 Å². The van der Waals surface area contributed by atoms with Crippen LogP contribution in [0.3, 0.4) is 0 Å². The Balaban J connectivity index is 0.000000186. The van der Waals surface area contributed by atoms with E-state index in [1.807, 2.05) is 176 Å². The van der Waals surface area contributed by atoms with Crippen molar-refractivity contribution in [3.05, 3.63) is 235 Å². The summed E-state index contributed by atoms with van der Waals surface area (Å²) in [7, 11) is 0. The number of carbonyl (C=O) groups excluding carboxylic acids is 3. The maximum Gasteiger partial charge on any atom is 0.200 e. The Morgan fingerprint density at radius 1 is 0.453 bits per heavy atom. The maximum atomic E-state index is 11.8. The van der Waals surface area contributed by atoms with Gasteiger partial charge >= 0.3 is 0 Å². The fourth-order valence-corrected chi connectivity index (χ4v) is 4.42. The summed E-state index contributed by atoms with van der Waals surface area (Å²) in [5, 5.41) is 8.63. The van der Waals surface area contributed by atoms with Gasteiger partial charge in [0, 0.05) is 27.1 Å². The molecule has 7 aromatic carbocycles. The van der Waals surface area contributed by atoms with Crippen LogP contribution in [0.4, 0.5) is 0 Å². The summed E-state index contributed by atoms with van der Waals surface area (Å²) >= 11 is 4.08. The maximum absolute atomic E-state index is 11.8. The minimum absolute atomic E-state index is 0.00977. The van der Waals surface area contributed by atoms with Crippen LogP contribution in [-0.2, 0) is 0 Å². The first-order chi connectivity index (χ1) is 25.8. The van der Waals surface area contributed by atoms with Gasteiger partial charge in [0.15, 0.2) is 24.0 Å². The lowest BCUT2D eigenvalue weighted by atomic mass is 10.0. The second kappa shape index (κ2) is 24.6. The number of benzene rings is 7. The number of hydrogen-bond acceptors (Lipinski definition) is 6. The lowest BCUT2D eigenvalue weighted by Crippen LogP contribution is -2.11. The second-order valence-corrected chi connectivity index (χ2v) is 11.6. The van der Waals surface area contributed by atoms with Crippen molar-refractivity contribution in [3.63, 3.8) is 0 Å². The zero-order chi connectivity index (χ0) is 37.9. The molecule has 1 N–H and O–H groups in total. The number of rotatable bonds is 7. The Kier molecular flexibility index (Phi) is 19.0. The van der Waals surface area contributed by atoms with Gasteiger partial charge in [-0.3, -0.25) is 14.4 Å². The van der Waals surface area contributed by atoms with Crippen LogP contribution in [0.15, 0.2) is 217 Å². The molecule has 0 amide bonds. The molecule has 0 saturated carbocycles. The highest BCUT2D eigenvalue weighted by Crippen LogP contribution is 2.10. The van der Waals surface area contributed by atoms with Crippen LogP contribution in [0.2, 0.25) is 0 Å². The average Bonchev–Trinajstić information content (AvgIpc) is 3.23. The Bertz CT molecular complexity index is 1930. The molecular formula is C47H42O5S. The highest BCUT2D eigenvalue weighted by atomic mass is 32.1. The van der Waals surface area contributed by atoms with Crippen molar-refractivity contribution in [1.82, 2.24) is 0 Å². The molecule has 0 spiro atoms. The molecule has 0 fully saturated rings. The number of para-hydroxylation sites is 2. The van der Waals surface area contributed by atoms with Crippen molar-refractivity contribution in [2.75, 3.05) is 6.61 Å². The lowest BCUT2D eigenvalue weighted by Gasteiger charge is -2.04. The van der Waals surface area contributed by atoms with Crippen LogP contribution < -0.4 is 4.74 Å². The third-order valence-corrected chi connectivity index (χ3v) is 7.27. The quantitative estimate of drug-likeness (QED) is 0.127. The molecule has 266 valence electrons. The number of thiol groups is 1. The number of hydrogen-bond donors (Lipinski definition) is 2. The van der Waals surface area contributed by atoms with Crippen LogP contribution in [0, 0.1) is 0 Å². The van der Waals surface area contributed by atoms with Crippen molar-refractivity contribution >= 4 is 30.0 Å². The predicted molar refractivity (Wildman–Crippen MR) is 217 cm³/mol. The van der Waals surface area contributed by atoms with Crippen LogP contribution in [0.1, 0.15) is 43.6 Å². The van der Waals surface area contributed by atoms with Gasteiger partial charge in [-0.05, 0) is 43.3 Å². The molecule has 53 heavy (non-hydrogen) atoms. The number of carbonyl (C=O) groups is 3. The van der Waals surface area contributed by atoms with E-state index in [4.69, 9.17) is 9.84 Å². The molecular weight excluding hydrogens is 677 g/mol. The molecule has 0 aliphatic carbocycles. The van der Waals surface area contributed by atoms with Crippen molar-refractivity contribution in [2.45, 2.75) is 11.8 Å². The first kappa shape index (κ1) is 40.9. The molecule has 0 radical (unpaired) electrons.